The third-order valence-corrected chi connectivity index (χ3v) is 7.24. The molecule has 1 saturated carbocycles. The fraction of sp³-hybridized carbons (Fsp3) is 0.581. The summed E-state index contributed by atoms with van der Waals surface area (Å²) < 4.78 is 0. The topological polar surface area (TPSA) is 88.1 Å². The lowest BCUT2D eigenvalue weighted by atomic mass is 9.96. The van der Waals surface area contributed by atoms with E-state index in [1.54, 1.807) is 13.1 Å². The first kappa shape index (κ1) is 31.1. The van der Waals surface area contributed by atoms with Gasteiger partial charge < -0.3 is 10.2 Å². The van der Waals surface area contributed by atoms with Crippen molar-refractivity contribution in [3.63, 3.8) is 0 Å². The van der Waals surface area contributed by atoms with Gasteiger partial charge in [-0.25, -0.2) is 15.0 Å². The molecule has 0 aromatic carbocycles. The summed E-state index contributed by atoms with van der Waals surface area (Å²) in [6.07, 6.45) is 11.9. The molecule has 0 radical (unpaired) electrons. The Balaban J connectivity index is 0.000000548. The lowest BCUT2D eigenvalue weighted by Gasteiger charge is -2.31. The van der Waals surface area contributed by atoms with Crippen LogP contribution in [0.2, 0.25) is 0 Å². The van der Waals surface area contributed by atoms with Crippen LogP contribution in [0, 0.1) is 18.8 Å². The van der Waals surface area contributed by atoms with Gasteiger partial charge in [0, 0.05) is 24.8 Å². The number of carbonyl (C=O) groups is 2. The molecule has 0 bridgehead atoms. The Morgan fingerprint density at radius 2 is 1.45 bits per heavy atom. The van der Waals surface area contributed by atoms with Crippen molar-refractivity contribution in [1.82, 2.24) is 15.0 Å². The minimum absolute atomic E-state index is 0.187. The van der Waals surface area contributed by atoms with Gasteiger partial charge in [-0.2, -0.15) is 0 Å². The zero-order valence-electron chi connectivity index (χ0n) is 24.7. The van der Waals surface area contributed by atoms with Crippen LogP contribution in [0.5, 0.6) is 0 Å². The van der Waals surface area contributed by atoms with Crippen molar-refractivity contribution in [3.8, 4) is 0 Å². The number of nitrogens with one attached hydrogen (secondary N) is 1. The highest BCUT2D eigenvalue weighted by Gasteiger charge is 2.18. The molecule has 0 atom stereocenters. The normalized spacial score (nSPS) is 15.5. The van der Waals surface area contributed by atoms with Gasteiger partial charge in [0.2, 0.25) is 5.95 Å². The van der Waals surface area contributed by atoms with Gasteiger partial charge in [-0.15, -0.1) is 0 Å². The monoisotopic (exact) mass is 521 g/mol. The predicted molar refractivity (Wildman–Crippen MR) is 158 cm³/mol. The van der Waals surface area contributed by atoms with Crippen LogP contribution in [0.15, 0.2) is 30.1 Å². The molecule has 2 aromatic rings. The van der Waals surface area contributed by atoms with Crippen LogP contribution < -0.4 is 10.2 Å². The molecule has 1 saturated heterocycles. The number of hydrogen-bond acceptors (Lipinski definition) is 7. The van der Waals surface area contributed by atoms with E-state index < -0.39 is 0 Å². The number of pyridine rings is 1. The van der Waals surface area contributed by atoms with E-state index in [0.717, 1.165) is 30.6 Å². The van der Waals surface area contributed by atoms with E-state index in [0.29, 0.717) is 28.6 Å². The number of ketones is 2. The molecule has 208 valence electrons. The predicted octanol–water partition coefficient (Wildman–Crippen LogP) is 7.33. The van der Waals surface area contributed by atoms with Gasteiger partial charge in [-0.3, -0.25) is 9.59 Å². The quantitative estimate of drug-likeness (QED) is 0.242. The summed E-state index contributed by atoms with van der Waals surface area (Å²) in [6, 6.07) is 3.99. The van der Waals surface area contributed by atoms with Crippen LogP contribution in [0.25, 0.3) is 5.57 Å². The molecule has 38 heavy (non-hydrogen) atoms. The zero-order chi connectivity index (χ0) is 28.2. The van der Waals surface area contributed by atoms with Gasteiger partial charge in [0.1, 0.15) is 5.82 Å². The van der Waals surface area contributed by atoms with Crippen LogP contribution in [0.3, 0.4) is 0 Å². The molecule has 2 aliphatic rings. The Morgan fingerprint density at radius 1 is 0.868 bits per heavy atom. The van der Waals surface area contributed by atoms with Crippen molar-refractivity contribution in [2.45, 2.75) is 93.9 Å². The summed E-state index contributed by atoms with van der Waals surface area (Å²) >= 11 is 0. The maximum atomic E-state index is 11.8. The Hall–Kier alpha value is -3.09. The Morgan fingerprint density at radius 3 is 1.89 bits per heavy atom. The molecule has 1 aliphatic carbocycles. The van der Waals surface area contributed by atoms with Gasteiger partial charge in [0.15, 0.2) is 11.6 Å². The molecule has 7 nitrogen and oxygen atoms in total. The maximum absolute atomic E-state index is 11.8. The second-order valence-electron chi connectivity index (χ2n) is 10.4. The number of nitrogens with zero attached hydrogens (tertiary/aromatic N) is 4. The number of aromatic nitrogens is 3. The van der Waals surface area contributed by atoms with Crippen molar-refractivity contribution in [2.75, 3.05) is 23.3 Å². The van der Waals surface area contributed by atoms with Gasteiger partial charge in [0.25, 0.3) is 0 Å². The van der Waals surface area contributed by atoms with Crippen LogP contribution in [0.1, 0.15) is 98.2 Å². The SMILES string of the molecule is CC.CC(=O)C(C(C)=O)=C(C)c1cnc(Nc2ccc(N3CCC(C)CC3)cn2)nc1C.CC1CCCC1. The van der Waals surface area contributed by atoms with Gasteiger partial charge in [-0.05, 0) is 70.1 Å². The van der Waals surface area contributed by atoms with E-state index in [2.05, 4.69) is 45.1 Å². The molecule has 1 N–H and O–H groups in total. The van der Waals surface area contributed by atoms with E-state index in [1.165, 1.54) is 52.4 Å². The molecule has 0 amide bonds. The fourth-order valence-electron chi connectivity index (χ4n) is 4.96. The molecule has 0 spiro atoms. The number of hydrogen-bond donors (Lipinski definition) is 1. The Bertz CT molecular complexity index is 1060. The Labute approximate surface area is 229 Å². The standard InChI is InChI=1S/C23H29N5O2.C6H12.C2H6/c1-14-8-10-28(11-9-14)19-6-7-21(24-12-19)27-23-25-13-20(16(3)26-23)15(2)22(17(4)29)18(5)30;1-6-4-2-3-5-6;1-2/h6-7,12-14H,8-11H2,1-5H3,(H,24,25,26,27);6H,2-5H2,1H3;1-2H3. The lowest BCUT2D eigenvalue weighted by molar-refractivity contribution is -0.119. The summed E-state index contributed by atoms with van der Waals surface area (Å²) in [5.74, 6) is 2.41. The van der Waals surface area contributed by atoms with Crippen LogP contribution >= 0.6 is 0 Å². The molecule has 3 heterocycles. The van der Waals surface area contributed by atoms with E-state index in [-0.39, 0.29) is 17.1 Å². The van der Waals surface area contributed by atoms with E-state index in [4.69, 9.17) is 0 Å². The van der Waals surface area contributed by atoms with Gasteiger partial charge in [-0.1, -0.05) is 53.4 Å². The highest BCUT2D eigenvalue weighted by atomic mass is 16.1. The molecule has 4 rings (SSSR count). The summed E-state index contributed by atoms with van der Waals surface area (Å²) in [7, 11) is 0. The van der Waals surface area contributed by atoms with Gasteiger partial charge in [0.05, 0.1) is 23.2 Å². The number of rotatable bonds is 6. The number of aryl methyl sites for hydroxylation is 1. The molecule has 2 aromatic heterocycles. The number of Topliss-reactive ketones (excluding diaryl/α,β-unsaturated/α-hetero) is 2. The maximum Gasteiger partial charge on any atom is 0.228 e. The summed E-state index contributed by atoms with van der Waals surface area (Å²) in [4.78, 5) is 39.4. The average Bonchev–Trinajstić information content (AvgIpc) is 3.37. The summed E-state index contributed by atoms with van der Waals surface area (Å²) in [6.45, 7) is 17.1. The third-order valence-electron chi connectivity index (χ3n) is 7.24. The minimum atomic E-state index is -0.256. The van der Waals surface area contributed by atoms with Crippen molar-refractivity contribution < 1.29 is 9.59 Å². The number of anilines is 3. The number of allylic oxidation sites excluding steroid dienone is 2. The lowest BCUT2D eigenvalue weighted by Crippen LogP contribution is -2.32. The largest absolute Gasteiger partial charge is 0.370 e. The summed E-state index contributed by atoms with van der Waals surface area (Å²) in [5.41, 5.74) is 3.28. The number of piperidine rings is 1. The zero-order valence-corrected chi connectivity index (χ0v) is 24.7. The highest BCUT2D eigenvalue weighted by molar-refractivity contribution is 6.23. The second-order valence-corrected chi connectivity index (χ2v) is 10.4. The van der Waals surface area contributed by atoms with Crippen LogP contribution in [-0.4, -0.2) is 39.6 Å². The third kappa shape index (κ3) is 9.03. The van der Waals surface area contributed by atoms with Crippen molar-refractivity contribution in [2.24, 2.45) is 11.8 Å². The van der Waals surface area contributed by atoms with E-state index >= 15 is 0 Å². The van der Waals surface area contributed by atoms with Crippen molar-refractivity contribution >= 4 is 34.6 Å². The van der Waals surface area contributed by atoms with Crippen LogP contribution in [-0.2, 0) is 9.59 Å². The van der Waals surface area contributed by atoms with Crippen molar-refractivity contribution in [1.29, 1.82) is 0 Å². The molecular weight excluding hydrogens is 474 g/mol. The Kier molecular flexibility index (Phi) is 12.6. The second kappa shape index (κ2) is 15.4. The van der Waals surface area contributed by atoms with Crippen molar-refractivity contribution in [3.05, 3.63) is 41.4 Å². The molecule has 2 fully saturated rings. The molecule has 0 unspecified atom stereocenters. The molecule has 1 aliphatic heterocycles. The van der Waals surface area contributed by atoms with E-state index in [9.17, 15) is 9.59 Å². The number of carbonyl (C=O) groups excluding carboxylic acids is 2. The average molecular weight is 522 g/mol. The van der Waals surface area contributed by atoms with Gasteiger partial charge >= 0.3 is 0 Å². The van der Waals surface area contributed by atoms with E-state index in [1.807, 2.05) is 33.0 Å². The fourth-order valence-corrected chi connectivity index (χ4v) is 4.96. The molecular formula is C31H47N5O2. The smallest absolute Gasteiger partial charge is 0.228 e. The first-order valence-corrected chi connectivity index (χ1v) is 14.2. The first-order valence-electron chi connectivity index (χ1n) is 14.2. The van der Waals surface area contributed by atoms with Crippen LogP contribution in [0.4, 0.5) is 17.5 Å². The summed E-state index contributed by atoms with van der Waals surface area (Å²) in [5, 5.41) is 3.12. The highest BCUT2D eigenvalue weighted by Crippen LogP contribution is 2.25. The first-order chi connectivity index (χ1) is 18.2. The minimum Gasteiger partial charge on any atom is -0.370 e. The molecule has 7 heteroatoms.